The van der Waals surface area contributed by atoms with Gasteiger partial charge >= 0.3 is 0 Å². The highest BCUT2D eigenvalue weighted by atomic mass is 127. The molecule has 2 aromatic rings. The van der Waals surface area contributed by atoms with Gasteiger partial charge in [-0.2, -0.15) is 11.8 Å². The number of nitro groups is 1. The average molecular weight is 576 g/mol. The number of guanidine groups is 1. The molecule has 2 aromatic carbocycles. The van der Waals surface area contributed by atoms with E-state index in [1.807, 2.05) is 18.4 Å². The van der Waals surface area contributed by atoms with E-state index in [1.165, 1.54) is 12.1 Å². The monoisotopic (exact) mass is 576 g/mol. The standard InChI is InChI=1S/C21H28N4O5S.HI/c1-28-18-11-16(12-19(29-2)20(18)30-3)14-24-21(22-9-10-31-4)23-13-15-5-7-17(8-6-15)25(26)27;/h5-8,11-12H,9-10,13-14H2,1-4H3,(H2,22,23,24);1H. The van der Waals surface area contributed by atoms with Gasteiger partial charge in [0.05, 0.1) is 32.8 Å². The summed E-state index contributed by atoms with van der Waals surface area (Å²) in [6, 6.07) is 10.2. The smallest absolute Gasteiger partial charge is 0.269 e. The van der Waals surface area contributed by atoms with Gasteiger partial charge < -0.3 is 24.8 Å². The van der Waals surface area contributed by atoms with Crippen molar-refractivity contribution in [1.29, 1.82) is 0 Å². The third kappa shape index (κ3) is 8.26. The van der Waals surface area contributed by atoms with E-state index < -0.39 is 4.92 Å². The fourth-order valence-electron chi connectivity index (χ4n) is 2.76. The van der Waals surface area contributed by atoms with Crippen molar-refractivity contribution < 1.29 is 19.1 Å². The molecule has 0 bridgehead atoms. The van der Waals surface area contributed by atoms with Gasteiger partial charge in [0.1, 0.15) is 0 Å². The first-order chi connectivity index (χ1) is 15.0. The van der Waals surface area contributed by atoms with Gasteiger partial charge in [0.15, 0.2) is 17.5 Å². The van der Waals surface area contributed by atoms with Crippen LogP contribution in [0, 0.1) is 10.1 Å². The van der Waals surface area contributed by atoms with E-state index in [4.69, 9.17) is 14.2 Å². The summed E-state index contributed by atoms with van der Waals surface area (Å²) in [6.07, 6.45) is 2.04. The van der Waals surface area contributed by atoms with E-state index in [0.29, 0.717) is 36.3 Å². The summed E-state index contributed by atoms with van der Waals surface area (Å²) < 4.78 is 16.2. The van der Waals surface area contributed by atoms with E-state index in [0.717, 1.165) is 23.4 Å². The van der Waals surface area contributed by atoms with E-state index in [1.54, 1.807) is 45.2 Å². The van der Waals surface area contributed by atoms with E-state index >= 15 is 0 Å². The number of aliphatic imine (C=N–C) groups is 1. The summed E-state index contributed by atoms with van der Waals surface area (Å²) in [5, 5.41) is 17.4. The van der Waals surface area contributed by atoms with Crippen molar-refractivity contribution in [2.45, 2.75) is 13.1 Å². The Hall–Kier alpha value is -2.41. The lowest BCUT2D eigenvalue weighted by Gasteiger charge is -2.15. The first kappa shape index (κ1) is 27.6. The van der Waals surface area contributed by atoms with Gasteiger partial charge in [-0.05, 0) is 29.5 Å². The third-order valence-corrected chi connectivity index (χ3v) is 4.96. The molecule has 32 heavy (non-hydrogen) atoms. The number of non-ortho nitro benzene ring substituents is 1. The molecule has 0 heterocycles. The molecule has 2 rings (SSSR count). The Morgan fingerprint density at radius 2 is 1.66 bits per heavy atom. The third-order valence-electron chi connectivity index (χ3n) is 4.35. The van der Waals surface area contributed by atoms with Gasteiger partial charge in [0.2, 0.25) is 5.75 Å². The number of nitro benzene ring substituents is 1. The van der Waals surface area contributed by atoms with Crippen LogP contribution in [0.5, 0.6) is 17.2 Å². The topological polar surface area (TPSA) is 107 Å². The maximum absolute atomic E-state index is 10.8. The molecule has 0 fully saturated rings. The highest BCUT2D eigenvalue weighted by Crippen LogP contribution is 2.38. The normalized spacial score (nSPS) is 10.7. The predicted octanol–water partition coefficient (Wildman–Crippen LogP) is 3.84. The fourth-order valence-corrected chi connectivity index (χ4v) is 3.07. The maximum Gasteiger partial charge on any atom is 0.269 e. The predicted molar refractivity (Wildman–Crippen MR) is 139 cm³/mol. The van der Waals surface area contributed by atoms with Gasteiger partial charge in [0.25, 0.3) is 5.69 Å². The molecular weight excluding hydrogens is 547 g/mol. The highest BCUT2D eigenvalue weighted by Gasteiger charge is 2.13. The molecule has 0 saturated carbocycles. The Morgan fingerprint density at radius 3 is 2.16 bits per heavy atom. The highest BCUT2D eigenvalue weighted by molar-refractivity contribution is 14.0. The lowest BCUT2D eigenvalue weighted by atomic mass is 10.2. The Morgan fingerprint density at radius 1 is 1.03 bits per heavy atom. The molecule has 0 unspecified atom stereocenters. The summed E-state index contributed by atoms with van der Waals surface area (Å²) in [5.41, 5.74) is 1.88. The Balaban J connectivity index is 0.00000512. The first-order valence-corrected chi connectivity index (χ1v) is 10.9. The number of hydrogen-bond donors (Lipinski definition) is 2. The van der Waals surface area contributed by atoms with Gasteiger partial charge in [-0.1, -0.05) is 12.1 Å². The summed E-state index contributed by atoms with van der Waals surface area (Å²) >= 11 is 1.73. The van der Waals surface area contributed by atoms with Crippen LogP contribution >= 0.6 is 35.7 Å². The van der Waals surface area contributed by atoms with Crippen molar-refractivity contribution in [3.8, 4) is 17.2 Å². The minimum Gasteiger partial charge on any atom is -0.493 e. The molecule has 176 valence electrons. The van der Waals surface area contributed by atoms with Gasteiger partial charge in [-0.15, -0.1) is 24.0 Å². The van der Waals surface area contributed by atoms with E-state index in [2.05, 4.69) is 15.6 Å². The fraction of sp³-hybridized carbons (Fsp3) is 0.381. The summed E-state index contributed by atoms with van der Waals surface area (Å²) in [4.78, 5) is 15.1. The molecule has 11 heteroatoms. The Bertz CT molecular complexity index is 871. The molecule has 0 aliphatic heterocycles. The molecule has 0 radical (unpaired) electrons. The van der Waals surface area contributed by atoms with Crippen LogP contribution in [0.2, 0.25) is 0 Å². The van der Waals surface area contributed by atoms with Gasteiger partial charge in [0, 0.05) is 31.0 Å². The number of nitrogens with zero attached hydrogens (tertiary/aromatic N) is 2. The molecule has 0 amide bonds. The molecular formula is C21H29IN4O5S. The molecule has 0 atom stereocenters. The van der Waals surface area contributed by atoms with Crippen molar-refractivity contribution in [2.24, 2.45) is 4.99 Å². The molecule has 2 N–H and O–H groups in total. The van der Waals surface area contributed by atoms with Crippen LogP contribution in [-0.2, 0) is 13.1 Å². The average Bonchev–Trinajstić information content (AvgIpc) is 2.79. The van der Waals surface area contributed by atoms with Gasteiger partial charge in [-0.3, -0.25) is 10.1 Å². The lowest BCUT2D eigenvalue weighted by molar-refractivity contribution is -0.384. The molecule has 9 nitrogen and oxygen atoms in total. The second-order valence-electron chi connectivity index (χ2n) is 6.40. The summed E-state index contributed by atoms with van der Waals surface area (Å²) in [6.45, 7) is 1.63. The van der Waals surface area contributed by atoms with Crippen LogP contribution in [-0.4, -0.2) is 50.8 Å². The number of nitrogens with one attached hydrogen (secondary N) is 2. The van der Waals surface area contributed by atoms with Crippen LogP contribution < -0.4 is 24.8 Å². The number of halogens is 1. The molecule has 0 aliphatic carbocycles. The van der Waals surface area contributed by atoms with Crippen LogP contribution in [0.1, 0.15) is 11.1 Å². The number of methoxy groups -OCH3 is 3. The molecule has 0 spiro atoms. The minimum atomic E-state index is -0.411. The van der Waals surface area contributed by atoms with Crippen LogP contribution in [0.4, 0.5) is 5.69 Å². The van der Waals surface area contributed by atoms with Crippen LogP contribution in [0.3, 0.4) is 0 Å². The van der Waals surface area contributed by atoms with Crippen molar-refractivity contribution in [3.63, 3.8) is 0 Å². The maximum atomic E-state index is 10.8. The van der Waals surface area contributed by atoms with Gasteiger partial charge in [-0.25, -0.2) is 4.99 Å². The van der Waals surface area contributed by atoms with E-state index in [-0.39, 0.29) is 29.7 Å². The quantitative estimate of drug-likeness (QED) is 0.104. The van der Waals surface area contributed by atoms with Crippen molar-refractivity contribution >= 4 is 47.4 Å². The number of rotatable bonds is 11. The zero-order valence-corrected chi connectivity index (χ0v) is 21.7. The Labute approximate surface area is 209 Å². The van der Waals surface area contributed by atoms with Crippen molar-refractivity contribution in [2.75, 3.05) is 39.9 Å². The van der Waals surface area contributed by atoms with Crippen LogP contribution in [0.25, 0.3) is 0 Å². The SMILES string of the molecule is COc1cc(CN=C(NCCSC)NCc2ccc([N+](=O)[O-])cc2)cc(OC)c1OC.I. The summed E-state index contributed by atoms with van der Waals surface area (Å²) in [7, 11) is 4.71. The van der Waals surface area contributed by atoms with E-state index in [9.17, 15) is 10.1 Å². The second kappa shape index (κ2) is 14.6. The number of benzene rings is 2. The van der Waals surface area contributed by atoms with Crippen molar-refractivity contribution in [1.82, 2.24) is 10.6 Å². The largest absolute Gasteiger partial charge is 0.493 e. The van der Waals surface area contributed by atoms with Crippen LogP contribution in [0.15, 0.2) is 41.4 Å². The molecule has 0 saturated heterocycles. The first-order valence-electron chi connectivity index (χ1n) is 9.55. The number of thioether (sulfide) groups is 1. The number of ether oxygens (including phenoxy) is 3. The second-order valence-corrected chi connectivity index (χ2v) is 7.38. The minimum absolute atomic E-state index is 0. The van der Waals surface area contributed by atoms with Crippen molar-refractivity contribution in [3.05, 3.63) is 57.6 Å². The lowest BCUT2D eigenvalue weighted by Crippen LogP contribution is -2.38. The molecule has 0 aromatic heterocycles. The number of hydrogen-bond acceptors (Lipinski definition) is 7. The zero-order valence-electron chi connectivity index (χ0n) is 18.5. The zero-order chi connectivity index (χ0) is 22.6. The summed E-state index contributed by atoms with van der Waals surface area (Å²) in [5.74, 6) is 3.25. The Kier molecular flexibility index (Phi) is 12.6. The molecule has 0 aliphatic rings.